The minimum atomic E-state index is -0.588. The number of thiazole rings is 1. The zero-order chi connectivity index (χ0) is 25.3. The van der Waals surface area contributed by atoms with Crippen molar-refractivity contribution in [1.29, 1.82) is 0 Å². The number of ether oxygens (including phenoxy) is 1. The molecular weight excluding hydrogens is 597 g/mol. The van der Waals surface area contributed by atoms with Gasteiger partial charge in [-0.05, 0) is 84.8 Å². The highest BCUT2D eigenvalue weighted by molar-refractivity contribution is 14.1. The van der Waals surface area contributed by atoms with E-state index in [0.29, 0.717) is 38.7 Å². The number of likely N-dealkylation sites (N-methyl/N-ethyl adjacent to an activating group) is 1. The van der Waals surface area contributed by atoms with E-state index >= 15 is 0 Å². The van der Waals surface area contributed by atoms with Crippen molar-refractivity contribution < 1.29 is 9.53 Å². The summed E-state index contributed by atoms with van der Waals surface area (Å²) in [6.45, 7) is 6.86. The van der Waals surface area contributed by atoms with Gasteiger partial charge in [0, 0.05) is 18.1 Å². The molecule has 2 heterocycles. The lowest BCUT2D eigenvalue weighted by molar-refractivity contribution is -0.127. The van der Waals surface area contributed by atoms with Gasteiger partial charge in [0.2, 0.25) is 0 Å². The fraction of sp³-hybridized carbons (Fsp3) is 0.269. The van der Waals surface area contributed by atoms with E-state index in [1.54, 1.807) is 28.7 Å². The maximum atomic E-state index is 13.7. The topological polar surface area (TPSA) is 63.9 Å². The number of fused-ring (bicyclic) bond motifs is 1. The number of benzene rings is 2. The second kappa shape index (κ2) is 10.7. The standard InChI is InChI=1S/C26H25ClIN3O3S/c1-5-30(6-2)25(33)22-15(3)29-26-31(23(22)17-8-10-18(27)11-9-17)24(32)21(35-26)14-16-7-12-20(34-4)19(28)13-16/h7-14,23H,5-6H2,1-4H3/b21-14+/t23-/m1/s1. The number of carbonyl (C=O) groups is 1. The molecule has 1 atom stereocenters. The molecule has 1 aromatic heterocycles. The van der Waals surface area contributed by atoms with E-state index in [1.807, 2.05) is 57.2 Å². The van der Waals surface area contributed by atoms with Gasteiger partial charge in [-0.15, -0.1) is 0 Å². The summed E-state index contributed by atoms with van der Waals surface area (Å²) in [6.07, 6.45) is 1.86. The first-order valence-electron chi connectivity index (χ1n) is 11.2. The molecule has 1 aliphatic heterocycles. The van der Waals surface area contributed by atoms with Crippen molar-refractivity contribution in [3.63, 3.8) is 0 Å². The van der Waals surface area contributed by atoms with Crippen LogP contribution >= 0.6 is 45.5 Å². The summed E-state index contributed by atoms with van der Waals surface area (Å²) in [7, 11) is 1.63. The highest BCUT2D eigenvalue weighted by atomic mass is 127. The van der Waals surface area contributed by atoms with E-state index < -0.39 is 6.04 Å². The van der Waals surface area contributed by atoms with E-state index in [4.69, 9.17) is 21.3 Å². The van der Waals surface area contributed by atoms with E-state index in [-0.39, 0.29) is 11.5 Å². The van der Waals surface area contributed by atoms with Gasteiger partial charge in [0.1, 0.15) is 5.75 Å². The highest BCUT2D eigenvalue weighted by Gasteiger charge is 2.34. The minimum absolute atomic E-state index is 0.116. The molecule has 2 aromatic carbocycles. The Morgan fingerprint density at radius 3 is 2.51 bits per heavy atom. The maximum absolute atomic E-state index is 13.7. The monoisotopic (exact) mass is 621 g/mol. The van der Waals surface area contributed by atoms with Gasteiger partial charge in [-0.2, -0.15) is 0 Å². The highest BCUT2D eigenvalue weighted by Crippen LogP contribution is 2.32. The number of halogens is 2. The number of carbonyl (C=O) groups excluding carboxylic acids is 1. The van der Waals surface area contributed by atoms with Crippen LogP contribution in [0, 0.1) is 3.57 Å². The second-order valence-corrected chi connectivity index (χ2v) is 10.6. The molecule has 0 saturated heterocycles. The number of hydrogen-bond acceptors (Lipinski definition) is 5. The van der Waals surface area contributed by atoms with Crippen LogP contribution in [0.2, 0.25) is 5.02 Å². The first-order valence-corrected chi connectivity index (χ1v) is 13.5. The van der Waals surface area contributed by atoms with Crippen molar-refractivity contribution in [3.05, 3.63) is 93.1 Å². The van der Waals surface area contributed by atoms with Crippen molar-refractivity contribution in [2.24, 2.45) is 4.99 Å². The van der Waals surface area contributed by atoms with Crippen molar-refractivity contribution in [2.45, 2.75) is 26.8 Å². The Hall–Kier alpha value is -2.43. The molecule has 182 valence electrons. The third kappa shape index (κ3) is 4.96. The van der Waals surface area contributed by atoms with Gasteiger partial charge in [0.05, 0.1) is 32.5 Å². The van der Waals surface area contributed by atoms with E-state index in [9.17, 15) is 9.59 Å². The molecular formula is C26H25ClIN3O3S. The van der Waals surface area contributed by atoms with Gasteiger partial charge in [-0.1, -0.05) is 41.1 Å². The summed E-state index contributed by atoms with van der Waals surface area (Å²) in [6, 6.07) is 12.5. The summed E-state index contributed by atoms with van der Waals surface area (Å²) in [5.41, 5.74) is 2.64. The van der Waals surface area contributed by atoms with Crippen LogP contribution in [0.3, 0.4) is 0 Å². The van der Waals surface area contributed by atoms with Gasteiger partial charge in [-0.3, -0.25) is 14.2 Å². The molecule has 3 aromatic rings. The van der Waals surface area contributed by atoms with E-state index in [0.717, 1.165) is 20.4 Å². The zero-order valence-corrected chi connectivity index (χ0v) is 23.6. The molecule has 4 rings (SSSR count). The summed E-state index contributed by atoms with van der Waals surface area (Å²) in [5.74, 6) is 0.664. The van der Waals surface area contributed by atoms with Crippen molar-refractivity contribution in [2.75, 3.05) is 20.2 Å². The Kier molecular flexibility index (Phi) is 7.83. The molecule has 0 aliphatic carbocycles. The van der Waals surface area contributed by atoms with Crippen LogP contribution in [-0.4, -0.2) is 35.6 Å². The number of rotatable bonds is 6. The Morgan fingerprint density at radius 2 is 1.91 bits per heavy atom. The SMILES string of the molecule is CCN(CC)C(=O)C1=C(C)N=c2s/c(=C/c3ccc(OC)c(I)c3)c(=O)n2[C@@H]1c1ccc(Cl)cc1. The molecule has 0 N–H and O–H groups in total. The second-order valence-electron chi connectivity index (χ2n) is 8.00. The molecule has 0 bridgehead atoms. The fourth-order valence-electron chi connectivity index (χ4n) is 4.16. The fourth-order valence-corrected chi connectivity index (χ4v) is 6.09. The lowest BCUT2D eigenvalue weighted by atomic mass is 9.94. The van der Waals surface area contributed by atoms with Crippen LogP contribution in [0.25, 0.3) is 6.08 Å². The molecule has 0 radical (unpaired) electrons. The van der Waals surface area contributed by atoms with Crippen molar-refractivity contribution in [1.82, 2.24) is 9.47 Å². The largest absolute Gasteiger partial charge is 0.496 e. The summed E-state index contributed by atoms with van der Waals surface area (Å²) in [4.78, 5) is 34.4. The van der Waals surface area contributed by atoms with E-state index in [1.165, 1.54) is 11.3 Å². The van der Waals surface area contributed by atoms with Crippen molar-refractivity contribution in [3.8, 4) is 5.75 Å². The van der Waals surface area contributed by atoms with Gasteiger partial charge in [0.15, 0.2) is 4.80 Å². The molecule has 1 amide bonds. The molecule has 0 unspecified atom stereocenters. The Labute approximate surface area is 226 Å². The molecule has 0 fully saturated rings. The van der Waals surface area contributed by atoms with Gasteiger partial charge in [0.25, 0.3) is 11.5 Å². The third-order valence-electron chi connectivity index (χ3n) is 5.96. The summed E-state index contributed by atoms with van der Waals surface area (Å²) in [5, 5.41) is 0.590. The summed E-state index contributed by atoms with van der Waals surface area (Å²) < 4.78 is 8.48. The number of amides is 1. The Balaban J connectivity index is 1.93. The van der Waals surface area contributed by atoms with Crippen molar-refractivity contribution >= 4 is 57.5 Å². The smallest absolute Gasteiger partial charge is 0.271 e. The number of aromatic nitrogens is 1. The number of hydrogen-bond donors (Lipinski definition) is 0. The van der Waals surface area contributed by atoms with Crippen LogP contribution in [0.5, 0.6) is 5.75 Å². The molecule has 0 saturated carbocycles. The van der Waals surface area contributed by atoms with Gasteiger partial charge >= 0.3 is 0 Å². The van der Waals surface area contributed by atoms with Crippen LogP contribution < -0.4 is 19.6 Å². The predicted molar refractivity (Wildman–Crippen MR) is 149 cm³/mol. The quantitative estimate of drug-likeness (QED) is 0.384. The molecule has 1 aliphatic rings. The van der Waals surface area contributed by atoms with Crippen LogP contribution in [0.15, 0.2) is 63.5 Å². The van der Waals surface area contributed by atoms with Crippen LogP contribution in [-0.2, 0) is 4.79 Å². The third-order valence-corrected chi connectivity index (χ3v) is 8.04. The van der Waals surface area contributed by atoms with E-state index in [2.05, 4.69) is 22.6 Å². The Bertz CT molecular complexity index is 1490. The average Bonchev–Trinajstić information content (AvgIpc) is 3.14. The number of methoxy groups -OCH3 is 1. The summed E-state index contributed by atoms with van der Waals surface area (Å²) >= 11 is 9.68. The maximum Gasteiger partial charge on any atom is 0.271 e. The Morgan fingerprint density at radius 1 is 1.23 bits per heavy atom. The number of nitrogens with zero attached hydrogens (tertiary/aromatic N) is 3. The lowest BCUT2D eigenvalue weighted by Gasteiger charge is -2.29. The van der Waals surface area contributed by atoms with Gasteiger partial charge in [-0.25, -0.2) is 4.99 Å². The van der Waals surface area contributed by atoms with Crippen LogP contribution in [0.4, 0.5) is 0 Å². The lowest BCUT2D eigenvalue weighted by Crippen LogP contribution is -2.43. The average molecular weight is 622 g/mol. The molecule has 6 nitrogen and oxygen atoms in total. The first-order chi connectivity index (χ1) is 16.8. The zero-order valence-electron chi connectivity index (χ0n) is 19.8. The van der Waals surface area contributed by atoms with Gasteiger partial charge < -0.3 is 9.64 Å². The number of allylic oxidation sites excluding steroid dienone is 1. The molecule has 35 heavy (non-hydrogen) atoms. The first kappa shape index (κ1) is 25.7. The van der Waals surface area contributed by atoms with Crippen LogP contribution in [0.1, 0.15) is 37.9 Å². The normalized spacial score (nSPS) is 15.6. The molecule has 0 spiro atoms. The predicted octanol–water partition coefficient (Wildman–Crippen LogP) is 4.37. The minimum Gasteiger partial charge on any atom is -0.496 e. The molecule has 9 heteroatoms.